The van der Waals surface area contributed by atoms with E-state index < -0.39 is 0 Å². The van der Waals surface area contributed by atoms with Gasteiger partial charge in [-0.15, -0.1) is 0 Å². The third-order valence-corrected chi connectivity index (χ3v) is 7.00. The average Bonchev–Trinajstić information content (AvgIpc) is 3.58. The van der Waals surface area contributed by atoms with E-state index in [0.29, 0.717) is 40.1 Å². The monoisotopic (exact) mass is 628 g/mol. The molecule has 0 bridgehead atoms. The van der Waals surface area contributed by atoms with E-state index in [0.717, 1.165) is 12.8 Å². The standard InChI is InChI=1S/C23H26N8O2.C7H8.C2H6N2S/c1-33-18-9-5-4-8-16(18)23(32)28-11-15-10-27-17(12-26-15)20(24)19-21(25)29-13-30-22(19)31-14-6-2-3-7-14;1-7-5-3-2-4-6-7;1-5-4-2-3/h4-5,8-10,12-14,24H,2-3,6-7,11H2,1H3,(H,28,32)(H3,25,29,30,31);2-6H,1H3;2H,1H3,(H2,3,4). The number of aromatic nitrogens is 4. The van der Waals surface area contributed by atoms with Gasteiger partial charge in [0.1, 0.15) is 29.4 Å². The Morgan fingerprint density at radius 2 is 1.78 bits per heavy atom. The van der Waals surface area contributed by atoms with Gasteiger partial charge in [-0.3, -0.25) is 20.2 Å². The fourth-order valence-electron chi connectivity index (χ4n) is 4.42. The van der Waals surface area contributed by atoms with Crippen LogP contribution in [0.15, 0.2) is 77.7 Å². The van der Waals surface area contributed by atoms with E-state index in [1.165, 1.54) is 62.5 Å². The zero-order valence-corrected chi connectivity index (χ0v) is 26.6. The Morgan fingerprint density at radius 3 is 2.36 bits per heavy atom. The van der Waals surface area contributed by atoms with Crippen molar-refractivity contribution in [2.45, 2.75) is 45.2 Å². The molecular weight excluding hydrogens is 588 g/mol. The third-order valence-electron chi connectivity index (χ3n) is 6.67. The molecule has 1 aliphatic carbocycles. The first-order chi connectivity index (χ1) is 21.9. The molecule has 236 valence electrons. The van der Waals surface area contributed by atoms with E-state index in [1.54, 1.807) is 24.3 Å². The van der Waals surface area contributed by atoms with Crippen molar-refractivity contribution >= 4 is 41.5 Å². The Kier molecular flexibility index (Phi) is 14.2. The summed E-state index contributed by atoms with van der Waals surface area (Å²) in [7, 11) is 1.52. The normalized spacial score (nSPS) is 12.3. The van der Waals surface area contributed by atoms with Crippen molar-refractivity contribution in [3.8, 4) is 5.75 Å². The lowest BCUT2D eigenvalue weighted by Crippen LogP contribution is -2.24. The van der Waals surface area contributed by atoms with Crippen molar-refractivity contribution in [2.24, 2.45) is 10.1 Å². The van der Waals surface area contributed by atoms with E-state index in [9.17, 15) is 4.79 Å². The molecule has 7 N–H and O–H groups in total. The van der Waals surface area contributed by atoms with Crippen molar-refractivity contribution in [1.82, 2.24) is 25.3 Å². The maximum absolute atomic E-state index is 12.5. The summed E-state index contributed by atoms with van der Waals surface area (Å²) in [6, 6.07) is 17.6. The van der Waals surface area contributed by atoms with Crippen LogP contribution >= 0.6 is 11.9 Å². The molecule has 0 radical (unpaired) electrons. The molecule has 0 aliphatic heterocycles. The quantitative estimate of drug-likeness (QED) is 0.0977. The van der Waals surface area contributed by atoms with Crippen LogP contribution in [0.1, 0.15) is 58.6 Å². The number of nitrogens with two attached hydrogens (primary N) is 2. The highest BCUT2D eigenvalue weighted by Crippen LogP contribution is 2.26. The number of carbonyl (C=O) groups excluding carboxylic acids is 1. The van der Waals surface area contributed by atoms with Crippen LogP contribution < -0.4 is 26.8 Å². The number of nitrogens with zero attached hydrogens (tertiary/aromatic N) is 5. The number of para-hydroxylation sites is 1. The fourth-order valence-corrected chi connectivity index (χ4v) is 4.54. The maximum Gasteiger partial charge on any atom is 0.255 e. The number of ether oxygens (including phenoxy) is 1. The predicted molar refractivity (Wildman–Crippen MR) is 182 cm³/mol. The number of nitrogens with one attached hydrogen (secondary N) is 3. The molecule has 0 saturated heterocycles. The van der Waals surface area contributed by atoms with Crippen molar-refractivity contribution in [3.05, 3.63) is 101 Å². The SMILES string of the molecule is COc1ccccc1C(=O)NCc1cnc(C(=N)c2c(N)ncnc2NC2CCCC2)cn1.CS/N=C/N.Cc1ccccc1. The molecule has 12 nitrogen and oxygen atoms in total. The van der Waals surface area contributed by atoms with Crippen molar-refractivity contribution in [3.63, 3.8) is 0 Å². The predicted octanol–water partition coefficient (Wildman–Crippen LogP) is 4.80. The van der Waals surface area contributed by atoms with Crippen LogP contribution in [0.3, 0.4) is 0 Å². The molecule has 1 amide bonds. The van der Waals surface area contributed by atoms with Gasteiger partial charge < -0.3 is 26.8 Å². The molecule has 1 fully saturated rings. The number of nitrogen functional groups attached to an aromatic ring is 1. The molecule has 1 aliphatic rings. The molecular formula is C32H40N10O2S. The molecule has 0 unspecified atom stereocenters. The molecule has 45 heavy (non-hydrogen) atoms. The van der Waals surface area contributed by atoms with Crippen LogP contribution in [0.4, 0.5) is 11.6 Å². The van der Waals surface area contributed by atoms with E-state index >= 15 is 0 Å². The lowest BCUT2D eigenvalue weighted by atomic mass is 10.1. The van der Waals surface area contributed by atoms with Gasteiger partial charge in [0.05, 0.1) is 54.9 Å². The van der Waals surface area contributed by atoms with Crippen molar-refractivity contribution < 1.29 is 9.53 Å². The Hall–Kier alpha value is -5.04. The number of carbonyl (C=O) groups is 1. The average molecular weight is 629 g/mol. The highest BCUT2D eigenvalue weighted by molar-refractivity contribution is 7.97. The van der Waals surface area contributed by atoms with Gasteiger partial charge in [0.15, 0.2) is 0 Å². The van der Waals surface area contributed by atoms with E-state index in [-0.39, 0.29) is 24.0 Å². The van der Waals surface area contributed by atoms with Gasteiger partial charge in [-0.2, -0.15) is 0 Å². The van der Waals surface area contributed by atoms with Crippen LogP contribution in [-0.4, -0.2) is 57.3 Å². The van der Waals surface area contributed by atoms with E-state index in [4.69, 9.17) is 21.6 Å². The zero-order valence-electron chi connectivity index (χ0n) is 25.7. The summed E-state index contributed by atoms with van der Waals surface area (Å²) in [5.74, 6) is 0.970. The summed E-state index contributed by atoms with van der Waals surface area (Å²) in [5.41, 5.74) is 14.1. The van der Waals surface area contributed by atoms with Gasteiger partial charge in [0, 0.05) is 12.3 Å². The van der Waals surface area contributed by atoms with Crippen LogP contribution in [0.25, 0.3) is 0 Å². The smallest absolute Gasteiger partial charge is 0.255 e. The van der Waals surface area contributed by atoms with Crippen LogP contribution in [0.2, 0.25) is 0 Å². The number of hydrogen-bond donors (Lipinski definition) is 5. The minimum atomic E-state index is -0.275. The molecule has 2 aromatic heterocycles. The van der Waals surface area contributed by atoms with Crippen molar-refractivity contribution in [1.29, 1.82) is 5.41 Å². The van der Waals surface area contributed by atoms with E-state index in [2.05, 4.69) is 54.0 Å². The minimum Gasteiger partial charge on any atom is -0.496 e. The van der Waals surface area contributed by atoms with Crippen molar-refractivity contribution in [2.75, 3.05) is 24.4 Å². The summed E-state index contributed by atoms with van der Waals surface area (Å²) < 4.78 is 8.77. The fraction of sp³-hybridized carbons (Fsp3) is 0.281. The third kappa shape index (κ3) is 10.9. The molecule has 5 rings (SSSR count). The number of benzene rings is 2. The number of aryl methyl sites for hydroxylation is 1. The van der Waals surface area contributed by atoms with Gasteiger partial charge in [-0.05, 0) is 43.8 Å². The molecule has 2 aromatic carbocycles. The Labute approximate surface area is 268 Å². The molecule has 0 atom stereocenters. The van der Waals surface area contributed by atoms with Gasteiger partial charge in [0.25, 0.3) is 5.91 Å². The first kappa shape index (κ1) is 34.5. The highest BCUT2D eigenvalue weighted by atomic mass is 32.2. The largest absolute Gasteiger partial charge is 0.496 e. The lowest BCUT2D eigenvalue weighted by molar-refractivity contribution is 0.0947. The van der Waals surface area contributed by atoms with Crippen LogP contribution in [0.5, 0.6) is 5.75 Å². The summed E-state index contributed by atoms with van der Waals surface area (Å²) in [6.07, 6.45) is 12.0. The summed E-state index contributed by atoms with van der Waals surface area (Å²) in [4.78, 5) is 29.5. The van der Waals surface area contributed by atoms with Gasteiger partial charge in [0.2, 0.25) is 0 Å². The number of hydrogen-bond acceptors (Lipinski definition) is 11. The van der Waals surface area contributed by atoms with Crippen LogP contribution in [0, 0.1) is 12.3 Å². The first-order valence-corrected chi connectivity index (χ1v) is 15.5. The Morgan fingerprint density at radius 1 is 1.07 bits per heavy atom. The summed E-state index contributed by atoms with van der Waals surface area (Å²) in [6.45, 7) is 2.27. The topological polar surface area (TPSA) is 190 Å². The highest BCUT2D eigenvalue weighted by Gasteiger charge is 2.22. The van der Waals surface area contributed by atoms with Gasteiger partial charge in [-0.1, -0.05) is 60.9 Å². The molecule has 13 heteroatoms. The second-order valence-corrected chi connectivity index (χ2v) is 10.4. The summed E-state index contributed by atoms with van der Waals surface area (Å²) >= 11 is 1.35. The second-order valence-electron chi connectivity index (χ2n) is 9.85. The molecule has 0 spiro atoms. The Balaban J connectivity index is 0.000000386. The lowest BCUT2D eigenvalue weighted by Gasteiger charge is -2.17. The number of amides is 1. The second kappa shape index (κ2) is 18.6. The van der Waals surface area contributed by atoms with Gasteiger partial charge in [-0.25, -0.2) is 14.4 Å². The number of anilines is 2. The maximum atomic E-state index is 12.5. The number of rotatable bonds is 9. The Bertz CT molecular complexity index is 1530. The zero-order chi connectivity index (χ0) is 32.4. The molecule has 1 saturated carbocycles. The summed E-state index contributed by atoms with van der Waals surface area (Å²) in [5, 5.41) is 14.8. The number of methoxy groups -OCH3 is 1. The molecule has 2 heterocycles. The van der Waals surface area contributed by atoms with Gasteiger partial charge >= 0.3 is 0 Å². The first-order valence-electron chi connectivity index (χ1n) is 14.3. The van der Waals surface area contributed by atoms with E-state index in [1.807, 2.05) is 24.5 Å². The van der Waals surface area contributed by atoms with Crippen LogP contribution in [-0.2, 0) is 6.54 Å². The molecule has 4 aromatic rings. The minimum absolute atomic E-state index is 0.0886.